The normalized spacial score (nSPS) is 11.3. The fourth-order valence-corrected chi connectivity index (χ4v) is 3.05. The number of hydrogen-bond donors (Lipinski definition) is 2. The summed E-state index contributed by atoms with van der Waals surface area (Å²) in [6.45, 7) is 0.140. The molecule has 8 nitrogen and oxygen atoms in total. The van der Waals surface area contributed by atoms with Gasteiger partial charge in [-0.2, -0.15) is 0 Å². The molecule has 3 rings (SSSR count). The van der Waals surface area contributed by atoms with Crippen molar-refractivity contribution >= 4 is 26.9 Å². The van der Waals surface area contributed by atoms with Crippen molar-refractivity contribution in [2.24, 2.45) is 5.14 Å². The van der Waals surface area contributed by atoms with E-state index in [1.807, 2.05) is 0 Å². The van der Waals surface area contributed by atoms with Gasteiger partial charge in [0, 0.05) is 24.1 Å². The molecule has 1 heterocycles. The number of sulfonamides is 1. The number of amides is 1. The van der Waals surface area contributed by atoms with E-state index in [0.717, 1.165) is 6.07 Å². The van der Waals surface area contributed by atoms with Crippen molar-refractivity contribution in [1.29, 1.82) is 0 Å². The topological polar surface area (TPSA) is 129 Å². The highest BCUT2D eigenvalue weighted by atomic mass is 32.2. The monoisotopic (exact) mass is 388 g/mol. The number of fused-ring (bicyclic) bond motifs is 1. The number of hydrogen-bond acceptors (Lipinski definition) is 6. The van der Waals surface area contributed by atoms with Crippen molar-refractivity contribution in [3.05, 3.63) is 70.1 Å². The van der Waals surface area contributed by atoms with Crippen LogP contribution >= 0.6 is 0 Å². The molecule has 9 heteroatoms. The van der Waals surface area contributed by atoms with E-state index in [4.69, 9.17) is 14.3 Å². The molecule has 0 fully saturated rings. The summed E-state index contributed by atoms with van der Waals surface area (Å²) in [5, 5.41) is 8.21. The van der Waals surface area contributed by atoms with Gasteiger partial charge in [-0.15, -0.1) is 0 Å². The van der Waals surface area contributed by atoms with Crippen LogP contribution in [0, 0.1) is 0 Å². The molecule has 27 heavy (non-hydrogen) atoms. The molecule has 0 radical (unpaired) electrons. The molecule has 0 saturated carbocycles. The van der Waals surface area contributed by atoms with E-state index in [-0.39, 0.29) is 22.6 Å². The minimum atomic E-state index is -3.77. The van der Waals surface area contributed by atoms with Gasteiger partial charge in [0.1, 0.15) is 11.3 Å². The first kappa shape index (κ1) is 18.6. The molecule has 0 saturated heterocycles. The van der Waals surface area contributed by atoms with Crippen LogP contribution in [0.2, 0.25) is 0 Å². The van der Waals surface area contributed by atoms with Crippen LogP contribution in [0.25, 0.3) is 11.0 Å². The van der Waals surface area contributed by atoms with Gasteiger partial charge in [-0.1, -0.05) is 12.1 Å². The first-order chi connectivity index (χ1) is 12.8. The van der Waals surface area contributed by atoms with E-state index >= 15 is 0 Å². The SMILES string of the molecule is COc1ccc2c(C(=O)NCc3ccc(S(N)(=O)=O)cc3)cc(=O)oc2c1. The molecule has 0 unspecified atom stereocenters. The van der Waals surface area contributed by atoms with Gasteiger partial charge in [0.15, 0.2) is 0 Å². The lowest BCUT2D eigenvalue weighted by Crippen LogP contribution is -2.24. The number of benzene rings is 2. The summed E-state index contributed by atoms with van der Waals surface area (Å²) < 4.78 is 32.7. The molecule has 0 aliphatic heterocycles. The summed E-state index contributed by atoms with van der Waals surface area (Å²) in [4.78, 5) is 24.3. The van der Waals surface area contributed by atoms with Crippen LogP contribution in [0.1, 0.15) is 15.9 Å². The number of nitrogens with two attached hydrogens (primary N) is 1. The molecule has 1 aromatic heterocycles. The van der Waals surface area contributed by atoms with E-state index in [9.17, 15) is 18.0 Å². The van der Waals surface area contributed by atoms with Gasteiger partial charge in [0.25, 0.3) is 5.91 Å². The lowest BCUT2D eigenvalue weighted by atomic mass is 10.1. The molecular formula is C18H16N2O6S. The summed E-state index contributed by atoms with van der Waals surface area (Å²) in [5.74, 6) is 0.0340. The van der Waals surface area contributed by atoms with Gasteiger partial charge < -0.3 is 14.5 Å². The number of ether oxygens (including phenoxy) is 1. The average molecular weight is 388 g/mol. The molecule has 0 bridgehead atoms. The number of carbonyl (C=O) groups excluding carboxylic acids is 1. The minimum Gasteiger partial charge on any atom is -0.497 e. The smallest absolute Gasteiger partial charge is 0.337 e. The van der Waals surface area contributed by atoms with Crippen molar-refractivity contribution in [2.75, 3.05) is 7.11 Å². The third-order valence-electron chi connectivity index (χ3n) is 3.90. The van der Waals surface area contributed by atoms with Gasteiger partial charge in [-0.25, -0.2) is 18.4 Å². The van der Waals surface area contributed by atoms with E-state index in [1.54, 1.807) is 24.3 Å². The minimum absolute atomic E-state index is 0.0156. The molecule has 1 amide bonds. The molecule has 2 aromatic carbocycles. The second kappa shape index (κ2) is 7.22. The van der Waals surface area contributed by atoms with Crippen LogP contribution < -0.4 is 20.8 Å². The maximum absolute atomic E-state index is 12.5. The van der Waals surface area contributed by atoms with Crippen LogP contribution in [0.3, 0.4) is 0 Å². The third-order valence-corrected chi connectivity index (χ3v) is 4.83. The summed E-state index contributed by atoms with van der Waals surface area (Å²) in [5.41, 5.74) is 0.428. The molecule has 3 N–H and O–H groups in total. The van der Waals surface area contributed by atoms with Gasteiger partial charge in [-0.05, 0) is 29.8 Å². The van der Waals surface area contributed by atoms with E-state index in [0.29, 0.717) is 16.7 Å². The van der Waals surface area contributed by atoms with E-state index < -0.39 is 21.6 Å². The molecular weight excluding hydrogens is 372 g/mol. The predicted octanol–water partition coefficient (Wildman–Crippen LogP) is 1.38. The molecule has 0 aliphatic rings. The summed E-state index contributed by atoms with van der Waals surface area (Å²) >= 11 is 0. The Bertz CT molecular complexity index is 1170. The quantitative estimate of drug-likeness (QED) is 0.635. The van der Waals surface area contributed by atoms with Crippen LogP contribution in [-0.4, -0.2) is 21.4 Å². The average Bonchev–Trinajstić information content (AvgIpc) is 2.64. The van der Waals surface area contributed by atoms with Crippen LogP contribution in [0.4, 0.5) is 0 Å². The van der Waals surface area contributed by atoms with Crippen molar-refractivity contribution in [1.82, 2.24) is 5.32 Å². The largest absolute Gasteiger partial charge is 0.497 e. The molecule has 0 spiro atoms. The van der Waals surface area contributed by atoms with Gasteiger partial charge in [-0.3, -0.25) is 4.79 Å². The van der Waals surface area contributed by atoms with Crippen LogP contribution in [0.15, 0.2) is 62.6 Å². The number of rotatable bonds is 5. The molecule has 0 atom stereocenters. The second-order valence-corrected chi connectivity index (χ2v) is 7.27. The Hall–Kier alpha value is -3.17. The van der Waals surface area contributed by atoms with Crippen molar-refractivity contribution in [3.8, 4) is 5.75 Å². The number of primary sulfonamides is 1. The Morgan fingerprint density at radius 1 is 1.15 bits per heavy atom. The zero-order valence-corrected chi connectivity index (χ0v) is 15.1. The second-order valence-electron chi connectivity index (χ2n) is 5.71. The molecule has 0 aliphatic carbocycles. The maximum Gasteiger partial charge on any atom is 0.337 e. The summed E-state index contributed by atoms with van der Waals surface area (Å²) in [6.07, 6.45) is 0. The fourth-order valence-electron chi connectivity index (χ4n) is 2.53. The van der Waals surface area contributed by atoms with E-state index in [1.165, 1.54) is 25.3 Å². The first-order valence-electron chi connectivity index (χ1n) is 7.80. The number of nitrogens with one attached hydrogen (secondary N) is 1. The summed E-state index contributed by atoms with van der Waals surface area (Å²) in [6, 6.07) is 11.7. The highest BCUT2D eigenvalue weighted by Gasteiger charge is 2.14. The van der Waals surface area contributed by atoms with Gasteiger partial charge in [0.05, 0.1) is 17.6 Å². The first-order valence-corrected chi connectivity index (χ1v) is 9.34. The Labute approximate surface area is 154 Å². The number of methoxy groups -OCH3 is 1. The molecule has 140 valence electrons. The lowest BCUT2D eigenvalue weighted by molar-refractivity contribution is 0.0952. The van der Waals surface area contributed by atoms with Gasteiger partial charge in [0.2, 0.25) is 10.0 Å². The van der Waals surface area contributed by atoms with Crippen LogP contribution in [-0.2, 0) is 16.6 Å². The van der Waals surface area contributed by atoms with Crippen molar-refractivity contribution in [2.45, 2.75) is 11.4 Å². The summed E-state index contributed by atoms with van der Waals surface area (Å²) in [7, 11) is -2.29. The highest BCUT2D eigenvalue weighted by molar-refractivity contribution is 7.89. The maximum atomic E-state index is 12.5. The molecule has 3 aromatic rings. The zero-order chi connectivity index (χ0) is 19.6. The third kappa shape index (κ3) is 4.15. The lowest BCUT2D eigenvalue weighted by Gasteiger charge is -2.09. The highest BCUT2D eigenvalue weighted by Crippen LogP contribution is 2.22. The Morgan fingerprint density at radius 2 is 1.85 bits per heavy atom. The van der Waals surface area contributed by atoms with Crippen molar-refractivity contribution in [3.63, 3.8) is 0 Å². The van der Waals surface area contributed by atoms with Crippen molar-refractivity contribution < 1.29 is 22.4 Å². The Morgan fingerprint density at radius 3 is 2.48 bits per heavy atom. The zero-order valence-electron chi connectivity index (χ0n) is 14.3. The van der Waals surface area contributed by atoms with Gasteiger partial charge >= 0.3 is 5.63 Å². The fraction of sp³-hybridized carbons (Fsp3) is 0.111. The standard InChI is InChI=1S/C18H16N2O6S/c1-25-12-4-7-14-15(9-17(21)26-16(14)8-12)18(22)20-10-11-2-5-13(6-3-11)27(19,23)24/h2-9H,10H2,1H3,(H,20,22)(H2,19,23,24). The number of carbonyl (C=O) groups is 1. The Kier molecular flexibility index (Phi) is 4.98. The van der Waals surface area contributed by atoms with E-state index in [2.05, 4.69) is 5.32 Å². The predicted molar refractivity (Wildman–Crippen MR) is 98.0 cm³/mol. The van der Waals surface area contributed by atoms with Crippen LogP contribution in [0.5, 0.6) is 5.75 Å². The Balaban J connectivity index is 1.83.